The molecule has 9 heavy (non-hydrogen) atoms. The summed E-state index contributed by atoms with van der Waals surface area (Å²) in [6, 6.07) is 0. The second-order valence-electron chi connectivity index (χ2n) is 3.11. The smallest absolute Gasteiger partial charge is 0 e. The number of hydrogen-bond acceptors (Lipinski definition) is 0. The molecule has 0 nitrogen and oxygen atoms in total. The second-order valence-corrected chi connectivity index (χ2v) is 3.11. The predicted molar refractivity (Wildman–Crippen MR) is 38.6 cm³/mol. The van der Waals surface area contributed by atoms with Gasteiger partial charge in [0.25, 0.3) is 0 Å². The van der Waals surface area contributed by atoms with Gasteiger partial charge in [0.05, 0.1) is 0 Å². The van der Waals surface area contributed by atoms with Crippen LogP contribution in [0.2, 0.25) is 0 Å². The van der Waals surface area contributed by atoms with E-state index in [-0.39, 0.29) is 32.7 Å². The Morgan fingerprint density at radius 1 is 1.00 bits per heavy atom. The van der Waals surface area contributed by atoms with E-state index >= 15 is 0 Å². The van der Waals surface area contributed by atoms with Crippen LogP contribution in [-0.2, 0) is 32.7 Å². The first-order chi connectivity index (χ1) is 3.55. The molecule has 0 N–H and O–H groups in total. The van der Waals surface area contributed by atoms with Crippen molar-refractivity contribution in [1.82, 2.24) is 0 Å². The van der Waals surface area contributed by atoms with E-state index in [1.165, 1.54) is 0 Å². The third kappa shape index (κ3) is 5.54. The van der Waals surface area contributed by atoms with Crippen LogP contribution in [0.15, 0.2) is 0 Å². The fourth-order valence-electron chi connectivity index (χ4n) is 0.667. The first-order valence-corrected chi connectivity index (χ1v) is 3.35. The van der Waals surface area contributed by atoms with Crippen molar-refractivity contribution < 1.29 is 32.7 Å². The molecule has 0 spiro atoms. The van der Waals surface area contributed by atoms with Gasteiger partial charge in [-0.3, -0.25) is 0 Å². The molecule has 1 unspecified atom stereocenters. The van der Waals surface area contributed by atoms with Crippen LogP contribution < -0.4 is 0 Å². The topological polar surface area (TPSA) is 0 Å². The predicted octanol–water partition coefficient (Wildman–Crippen LogP) is 2.89. The molecule has 0 saturated carbocycles. The summed E-state index contributed by atoms with van der Waals surface area (Å²) in [6.45, 7) is 11.2. The van der Waals surface area contributed by atoms with Gasteiger partial charge in [0.15, 0.2) is 0 Å². The van der Waals surface area contributed by atoms with Crippen LogP contribution in [0.4, 0.5) is 0 Å². The fraction of sp³-hybridized carbons (Fsp3) is 0.875. The molecule has 0 rings (SSSR count). The summed E-state index contributed by atoms with van der Waals surface area (Å²) < 4.78 is 0. The van der Waals surface area contributed by atoms with E-state index in [9.17, 15) is 0 Å². The zero-order valence-electron chi connectivity index (χ0n) is 7.23. The first-order valence-electron chi connectivity index (χ1n) is 3.35. The standard InChI is InChI=1S/C8H17.Y/c1-6(2)8(5)7(3)4;/h6,8H,1-5H3;/q-1;. The van der Waals surface area contributed by atoms with Crippen molar-refractivity contribution in [1.29, 1.82) is 0 Å². The minimum atomic E-state index is 0. The van der Waals surface area contributed by atoms with Crippen LogP contribution in [-0.4, -0.2) is 0 Å². The Hall–Kier alpha value is 1.10. The first kappa shape index (κ1) is 12.8. The maximum absolute atomic E-state index is 2.28. The third-order valence-corrected chi connectivity index (χ3v) is 1.91. The molecule has 0 heterocycles. The monoisotopic (exact) mass is 202 g/mol. The van der Waals surface area contributed by atoms with Crippen LogP contribution in [0.1, 0.15) is 34.6 Å². The molecule has 1 radical (unpaired) electrons. The quantitative estimate of drug-likeness (QED) is 0.604. The zero-order chi connectivity index (χ0) is 6.73. The number of rotatable bonds is 2. The molecule has 0 aliphatic rings. The van der Waals surface area contributed by atoms with Gasteiger partial charge in [-0.15, -0.1) is 0 Å². The van der Waals surface area contributed by atoms with Crippen molar-refractivity contribution in [3.05, 3.63) is 5.92 Å². The minimum absolute atomic E-state index is 0. The SMILES string of the molecule is C[C-](C)C(C)C(C)C.[Y]. The zero-order valence-corrected chi connectivity index (χ0v) is 10.1. The summed E-state index contributed by atoms with van der Waals surface area (Å²) in [4.78, 5) is 0. The molecule has 0 aromatic rings. The van der Waals surface area contributed by atoms with E-state index in [1.807, 2.05) is 0 Å². The average Bonchev–Trinajstić information content (AvgIpc) is 1.64. The Morgan fingerprint density at radius 3 is 1.33 bits per heavy atom. The molecular formula is C8H17Y-. The molecule has 0 fully saturated rings. The van der Waals surface area contributed by atoms with E-state index in [1.54, 1.807) is 5.92 Å². The molecule has 1 heteroatoms. The molecule has 0 aliphatic carbocycles. The van der Waals surface area contributed by atoms with Gasteiger partial charge in [-0.2, -0.15) is 19.8 Å². The maximum atomic E-state index is 2.28. The number of hydrogen-bond donors (Lipinski definition) is 0. The van der Waals surface area contributed by atoms with Crippen LogP contribution >= 0.6 is 0 Å². The second kappa shape index (κ2) is 5.86. The molecule has 53 valence electrons. The summed E-state index contributed by atoms with van der Waals surface area (Å²) in [6.07, 6.45) is 0. The van der Waals surface area contributed by atoms with Crippen LogP contribution in [0.25, 0.3) is 0 Å². The molecule has 0 aliphatic heterocycles. The largest absolute Gasteiger partial charge is 0.317 e. The Labute approximate surface area is 84.7 Å². The van der Waals surface area contributed by atoms with Crippen molar-refractivity contribution in [2.45, 2.75) is 34.6 Å². The maximum Gasteiger partial charge on any atom is 0 e. The van der Waals surface area contributed by atoms with Gasteiger partial charge in [0.1, 0.15) is 0 Å². The molecule has 0 aromatic heterocycles. The van der Waals surface area contributed by atoms with Crippen LogP contribution in [0.5, 0.6) is 0 Å². The van der Waals surface area contributed by atoms with Gasteiger partial charge in [0.2, 0.25) is 0 Å². The Balaban J connectivity index is 0. The van der Waals surface area contributed by atoms with Gasteiger partial charge in [-0.1, -0.05) is 26.7 Å². The normalized spacial score (nSPS) is 13.7. The minimum Gasteiger partial charge on any atom is -0.317 e. The van der Waals surface area contributed by atoms with E-state index in [2.05, 4.69) is 34.6 Å². The van der Waals surface area contributed by atoms with Crippen molar-refractivity contribution >= 4 is 0 Å². The molecule has 0 aromatic carbocycles. The van der Waals surface area contributed by atoms with Crippen molar-refractivity contribution in [3.63, 3.8) is 0 Å². The van der Waals surface area contributed by atoms with Crippen molar-refractivity contribution in [2.24, 2.45) is 11.8 Å². The molecule has 0 saturated heterocycles. The Bertz CT molecular complexity index is 49.6. The third-order valence-electron chi connectivity index (χ3n) is 1.91. The molecule has 0 bridgehead atoms. The Morgan fingerprint density at radius 2 is 1.33 bits per heavy atom. The summed E-state index contributed by atoms with van der Waals surface area (Å²) in [5.41, 5.74) is 0. The van der Waals surface area contributed by atoms with Gasteiger partial charge in [0, 0.05) is 32.7 Å². The Kier molecular flexibility index (Phi) is 8.30. The molecule has 0 amide bonds. The van der Waals surface area contributed by atoms with Gasteiger partial charge < -0.3 is 5.92 Å². The van der Waals surface area contributed by atoms with E-state index in [0.29, 0.717) is 0 Å². The van der Waals surface area contributed by atoms with Crippen molar-refractivity contribution in [2.75, 3.05) is 0 Å². The summed E-state index contributed by atoms with van der Waals surface area (Å²) >= 11 is 0. The van der Waals surface area contributed by atoms with E-state index < -0.39 is 0 Å². The van der Waals surface area contributed by atoms with Crippen molar-refractivity contribution in [3.8, 4) is 0 Å². The van der Waals surface area contributed by atoms with Crippen LogP contribution in [0, 0.1) is 17.8 Å². The fourth-order valence-corrected chi connectivity index (χ4v) is 0.667. The van der Waals surface area contributed by atoms with Gasteiger partial charge in [-0.25, -0.2) is 0 Å². The van der Waals surface area contributed by atoms with Gasteiger partial charge >= 0.3 is 0 Å². The van der Waals surface area contributed by atoms with E-state index in [0.717, 1.165) is 11.8 Å². The summed E-state index contributed by atoms with van der Waals surface area (Å²) in [5, 5.41) is 0. The summed E-state index contributed by atoms with van der Waals surface area (Å²) in [5.74, 6) is 3.13. The summed E-state index contributed by atoms with van der Waals surface area (Å²) in [7, 11) is 0. The molecule has 1 atom stereocenters. The average molecular weight is 202 g/mol. The molecular weight excluding hydrogens is 185 g/mol. The van der Waals surface area contributed by atoms with Gasteiger partial charge in [-0.05, 0) is 0 Å². The van der Waals surface area contributed by atoms with Crippen LogP contribution in [0.3, 0.4) is 0 Å². The van der Waals surface area contributed by atoms with E-state index in [4.69, 9.17) is 0 Å².